The molecule has 2 aromatic rings. The van der Waals surface area contributed by atoms with Crippen molar-refractivity contribution in [2.45, 2.75) is 56.6 Å². The number of alkyl halides is 2. The molecule has 0 unspecified atom stereocenters. The SMILES string of the molecule is CC1(C)CCC2(CCN(CC(=O)Nc3ccccc3OC(F)F)CC2)CN1S(=O)(=O)c1ccccc1. The van der Waals surface area contributed by atoms with Gasteiger partial charge < -0.3 is 10.1 Å². The maximum absolute atomic E-state index is 13.5. The van der Waals surface area contributed by atoms with Gasteiger partial charge >= 0.3 is 6.61 Å². The van der Waals surface area contributed by atoms with E-state index < -0.39 is 22.2 Å². The lowest BCUT2D eigenvalue weighted by Gasteiger charge is -2.53. The molecule has 1 amide bonds. The Morgan fingerprint density at radius 2 is 1.64 bits per heavy atom. The van der Waals surface area contributed by atoms with E-state index in [0.29, 0.717) is 24.5 Å². The van der Waals surface area contributed by atoms with Crippen LogP contribution >= 0.6 is 0 Å². The normalized spacial score (nSPS) is 20.4. The Morgan fingerprint density at radius 3 is 2.31 bits per heavy atom. The molecule has 2 aliphatic heterocycles. The van der Waals surface area contributed by atoms with E-state index in [-0.39, 0.29) is 29.3 Å². The van der Waals surface area contributed by atoms with Crippen molar-refractivity contribution in [3.8, 4) is 5.75 Å². The molecule has 2 saturated heterocycles. The number of nitrogens with zero attached hydrogens (tertiary/aromatic N) is 2. The van der Waals surface area contributed by atoms with E-state index in [1.54, 1.807) is 46.8 Å². The lowest BCUT2D eigenvalue weighted by molar-refractivity contribution is -0.118. The van der Waals surface area contributed by atoms with Crippen molar-refractivity contribution in [3.05, 3.63) is 54.6 Å². The van der Waals surface area contributed by atoms with Gasteiger partial charge in [-0.1, -0.05) is 30.3 Å². The van der Waals surface area contributed by atoms with Gasteiger partial charge in [0, 0.05) is 12.1 Å². The number of likely N-dealkylation sites (tertiary alicyclic amines) is 1. The Hall–Kier alpha value is -2.56. The van der Waals surface area contributed by atoms with Crippen LogP contribution in [0.4, 0.5) is 14.5 Å². The van der Waals surface area contributed by atoms with Crippen LogP contribution in [0.1, 0.15) is 39.5 Å². The molecule has 2 aromatic carbocycles. The molecular formula is C26H33F2N3O4S. The van der Waals surface area contributed by atoms with Crippen LogP contribution < -0.4 is 10.1 Å². The van der Waals surface area contributed by atoms with Gasteiger partial charge in [0.1, 0.15) is 5.75 Å². The second-order valence-electron chi connectivity index (χ2n) is 10.3. The van der Waals surface area contributed by atoms with Crippen molar-refractivity contribution in [2.75, 3.05) is 31.5 Å². The van der Waals surface area contributed by atoms with Crippen LogP contribution in [0.3, 0.4) is 0 Å². The second-order valence-corrected chi connectivity index (χ2v) is 12.2. The number of hydrogen-bond donors (Lipinski definition) is 1. The molecule has 0 aromatic heterocycles. The average molecular weight is 522 g/mol. The maximum Gasteiger partial charge on any atom is 0.387 e. The highest BCUT2D eigenvalue weighted by Gasteiger charge is 2.49. The smallest absolute Gasteiger partial charge is 0.387 e. The molecule has 2 fully saturated rings. The summed E-state index contributed by atoms with van der Waals surface area (Å²) in [5.74, 6) is -0.391. The summed E-state index contributed by atoms with van der Waals surface area (Å²) in [6, 6.07) is 14.7. The number of para-hydroxylation sites is 2. The highest BCUT2D eigenvalue weighted by molar-refractivity contribution is 7.89. The van der Waals surface area contributed by atoms with Crippen molar-refractivity contribution >= 4 is 21.6 Å². The van der Waals surface area contributed by atoms with E-state index in [4.69, 9.17) is 0 Å². The number of nitrogens with one attached hydrogen (secondary N) is 1. The zero-order valence-electron chi connectivity index (χ0n) is 20.6. The average Bonchev–Trinajstić information content (AvgIpc) is 2.84. The van der Waals surface area contributed by atoms with Gasteiger partial charge in [-0.05, 0) is 82.3 Å². The minimum atomic E-state index is -3.63. The van der Waals surface area contributed by atoms with Gasteiger partial charge in [-0.2, -0.15) is 13.1 Å². The lowest BCUT2D eigenvalue weighted by atomic mass is 9.69. The lowest BCUT2D eigenvalue weighted by Crippen LogP contribution is -2.59. The zero-order chi connectivity index (χ0) is 26.0. The number of amides is 1. The van der Waals surface area contributed by atoms with Crippen LogP contribution in [0, 0.1) is 5.41 Å². The van der Waals surface area contributed by atoms with Crippen molar-refractivity contribution < 1.29 is 26.7 Å². The first kappa shape index (κ1) is 26.5. The van der Waals surface area contributed by atoms with Crippen LogP contribution in [0.2, 0.25) is 0 Å². The summed E-state index contributed by atoms with van der Waals surface area (Å²) in [6.07, 6.45) is 3.25. The predicted octanol–water partition coefficient (Wildman–Crippen LogP) is 4.57. The predicted molar refractivity (Wildman–Crippen MR) is 133 cm³/mol. The molecule has 7 nitrogen and oxygen atoms in total. The van der Waals surface area contributed by atoms with Crippen molar-refractivity contribution in [1.82, 2.24) is 9.21 Å². The third kappa shape index (κ3) is 5.87. The molecule has 1 spiro atoms. The molecule has 196 valence electrons. The summed E-state index contributed by atoms with van der Waals surface area (Å²) in [4.78, 5) is 15.0. The number of rotatable bonds is 7. The molecule has 36 heavy (non-hydrogen) atoms. The summed E-state index contributed by atoms with van der Waals surface area (Å²) in [6.45, 7) is 2.87. The third-order valence-electron chi connectivity index (χ3n) is 7.41. The van der Waals surface area contributed by atoms with Crippen LogP contribution in [-0.2, 0) is 14.8 Å². The summed E-state index contributed by atoms with van der Waals surface area (Å²) in [5, 5.41) is 2.66. The summed E-state index contributed by atoms with van der Waals surface area (Å²) in [7, 11) is -3.63. The molecule has 0 atom stereocenters. The van der Waals surface area contributed by atoms with Crippen LogP contribution in [0.5, 0.6) is 5.75 Å². The largest absolute Gasteiger partial charge is 0.433 e. The molecule has 0 radical (unpaired) electrons. The number of piperidine rings is 2. The number of carbonyl (C=O) groups excluding carboxylic acids is 1. The van der Waals surface area contributed by atoms with Gasteiger partial charge in [0.2, 0.25) is 15.9 Å². The number of hydrogen-bond acceptors (Lipinski definition) is 5. The van der Waals surface area contributed by atoms with E-state index in [2.05, 4.69) is 10.1 Å². The Balaban J connectivity index is 1.38. The van der Waals surface area contributed by atoms with Crippen LogP contribution in [0.15, 0.2) is 59.5 Å². The minimum absolute atomic E-state index is 0.0806. The molecule has 2 aliphatic rings. The monoisotopic (exact) mass is 521 g/mol. The highest BCUT2D eigenvalue weighted by atomic mass is 32.2. The molecule has 1 N–H and O–H groups in total. The zero-order valence-corrected chi connectivity index (χ0v) is 21.4. The fourth-order valence-corrected chi connectivity index (χ4v) is 7.12. The van der Waals surface area contributed by atoms with Gasteiger partial charge in [0.15, 0.2) is 0 Å². The first-order valence-corrected chi connectivity index (χ1v) is 13.6. The highest BCUT2D eigenvalue weighted by Crippen LogP contribution is 2.46. The molecular weight excluding hydrogens is 488 g/mol. The van der Waals surface area contributed by atoms with E-state index in [1.165, 1.54) is 12.1 Å². The Kier molecular flexibility index (Phi) is 7.68. The van der Waals surface area contributed by atoms with Gasteiger partial charge in [-0.15, -0.1) is 0 Å². The van der Waals surface area contributed by atoms with Gasteiger partial charge in [0.05, 0.1) is 17.1 Å². The van der Waals surface area contributed by atoms with Crippen molar-refractivity contribution in [3.63, 3.8) is 0 Å². The van der Waals surface area contributed by atoms with Gasteiger partial charge in [-0.25, -0.2) is 8.42 Å². The van der Waals surface area contributed by atoms with Gasteiger partial charge in [0.25, 0.3) is 0 Å². The molecule has 4 rings (SSSR count). The molecule has 0 saturated carbocycles. The molecule has 0 aliphatic carbocycles. The van der Waals surface area contributed by atoms with Crippen molar-refractivity contribution in [1.29, 1.82) is 0 Å². The maximum atomic E-state index is 13.5. The van der Waals surface area contributed by atoms with E-state index >= 15 is 0 Å². The number of halogens is 2. The Bertz CT molecular complexity index is 1170. The van der Waals surface area contributed by atoms with Gasteiger partial charge in [-0.3, -0.25) is 9.69 Å². The number of carbonyl (C=O) groups is 1. The summed E-state index contributed by atoms with van der Waals surface area (Å²) < 4.78 is 58.5. The van der Waals surface area contributed by atoms with E-state index in [0.717, 1.165) is 25.7 Å². The summed E-state index contributed by atoms with van der Waals surface area (Å²) >= 11 is 0. The molecule has 0 bridgehead atoms. The van der Waals surface area contributed by atoms with Crippen LogP contribution in [-0.4, -0.2) is 61.9 Å². The van der Waals surface area contributed by atoms with Crippen molar-refractivity contribution in [2.24, 2.45) is 5.41 Å². The third-order valence-corrected chi connectivity index (χ3v) is 9.49. The first-order valence-electron chi connectivity index (χ1n) is 12.1. The Labute approximate surface area is 211 Å². The standard InChI is InChI=1S/C26H33F2N3O4S/c1-25(2)12-13-26(19-31(25)36(33,34)20-8-4-3-5-9-20)14-16-30(17-15-26)18-23(32)29-21-10-6-7-11-22(21)35-24(27)28/h3-11,24H,12-19H2,1-2H3,(H,29,32). The second kappa shape index (κ2) is 10.4. The summed E-state index contributed by atoms with van der Waals surface area (Å²) in [5.41, 5.74) is -0.417. The Morgan fingerprint density at radius 1 is 1.00 bits per heavy atom. The number of anilines is 1. The molecule has 10 heteroatoms. The van der Waals surface area contributed by atoms with Crippen LogP contribution in [0.25, 0.3) is 0 Å². The fraction of sp³-hybridized carbons (Fsp3) is 0.500. The number of sulfonamides is 1. The number of ether oxygens (including phenoxy) is 1. The quantitative estimate of drug-likeness (QED) is 0.578. The topological polar surface area (TPSA) is 79.0 Å². The minimum Gasteiger partial charge on any atom is -0.433 e. The fourth-order valence-electron chi connectivity index (χ4n) is 5.18. The molecule has 2 heterocycles. The first-order chi connectivity index (χ1) is 17.0. The van der Waals surface area contributed by atoms with E-state index in [9.17, 15) is 22.0 Å². The van der Waals surface area contributed by atoms with E-state index in [1.807, 2.05) is 18.7 Å². The number of benzene rings is 2.